The van der Waals surface area contributed by atoms with Crippen LogP contribution in [-0.2, 0) is 19.2 Å². The monoisotopic (exact) mass is 346 g/mol. The minimum absolute atomic E-state index is 0.334. The highest BCUT2D eigenvalue weighted by molar-refractivity contribution is 5.92. The molecule has 0 radical (unpaired) electrons. The van der Waals surface area contributed by atoms with Crippen molar-refractivity contribution >= 4 is 23.7 Å². The summed E-state index contributed by atoms with van der Waals surface area (Å²) in [5.74, 6) is -3.47. The molecule has 11 nitrogen and oxygen atoms in total. The number of nitrogens with one attached hydrogen (secondary N) is 4. The van der Waals surface area contributed by atoms with Gasteiger partial charge in [0.05, 0.1) is 25.8 Å². The second kappa shape index (κ2) is 9.80. The van der Waals surface area contributed by atoms with Gasteiger partial charge in [-0.15, -0.1) is 0 Å². The molecule has 1 aliphatic heterocycles. The van der Waals surface area contributed by atoms with Crippen LogP contribution in [0.3, 0.4) is 0 Å². The molecule has 0 spiro atoms. The van der Waals surface area contributed by atoms with E-state index in [-0.39, 0.29) is 18.5 Å². The highest BCUT2D eigenvalue weighted by Gasteiger charge is 2.26. The highest BCUT2D eigenvalue weighted by Crippen LogP contribution is 2.04. The fourth-order valence-corrected chi connectivity index (χ4v) is 2.10. The standard InChI is InChI=1S/C13H22N4O7/c18-5-8(12(22)17-9(6-19)13(23)24)16-10(20)4-15-11(21)7-2-1-3-14-7/h7-9,14,18-19H,1-6H2,(H,15,21)(H,16,20)(H,17,22)(H,23,24). The molecule has 0 bridgehead atoms. The molecule has 1 aliphatic rings. The zero-order valence-electron chi connectivity index (χ0n) is 12.9. The quantitative estimate of drug-likeness (QED) is 0.220. The van der Waals surface area contributed by atoms with Gasteiger partial charge in [-0.3, -0.25) is 14.4 Å². The van der Waals surface area contributed by atoms with Crippen LogP contribution < -0.4 is 21.3 Å². The molecule has 1 fully saturated rings. The summed E-state index contributed by atoms with van der Waals surface area (Å²) in [7, 11) is 0. The summed E-state index contributed by atoms with van der Waals surface area (Å²) in [6.45, 7) is -1.26. The summed E-state index contributed by atoms with van der Waals surface area (Å²) >= 11 is 0. The van der Waals surface area contributed by atoms with E-state index in [1.165, 1.54) is 0 Å². The van der Waals surface area contributed by atoms with E-state index in [9.17, 15) is 19.2 Å². The van der Waals surface area contributed by atoms with Crippen molar-refractivity contribution in [1.29, 1.82) is 0 Å². The van der Waals surface area contributed by atoms with Crippen LogP contribution in [0.4, 0.5) is 0 Å². The van der Waals surface area contributed by atoms with Gasteiger partial charge in [-0.1, -0.05) is 0 Å². The van der Waals surface area contributed by atoms with Gasteiger partial charge in [0.15, 0.2) is 0 Å². The molecule has 24 heavy (non-hydrogen) atoms. The fraction of sp³-hybridized carbons (Fsp3) is 0.692. The average molecular weight is 346 g/mol. The van der Waals surface area contributed by atoms with Gasteiger partial charge in [-0.2, -0.15) is 0 Å². The van der Waals surface area contributed by atoms with E-state index in [2.05, 4.69) is 16.0 Å². The van der Waals surface area contributed by atoms with Crippen LogP contribution in [0.15, 0.2) is 0 Å². The first-order valence-electron chi connectivity index (χ1n) is 7.44. The molecule has 3 amide bonds. The second-order valence-corrected chi connectivity index (χ2v) is 5.25. The smallest absolute Gasteiger partial charge is 0.328 e. The number of carbonyl (C=O) groups excluding carboxylic acids is 3. The largest absolute Gasteiger partial charge is 0.480 e. The summed E-state index contributed by atoms with van der Waals surface area (Å²) in [5, 5.41) is 36.2. The van der Waals surface area contributed by atoms with Crippen molar-refractivity contribution in [3.63, 3.8) is 0 Å². The molecule has 0 aromatic heterocycles. The number of carboxylic acid groups (broad SMARTS) is 1. The van der Waals surface area contributed by atoms with Gasteiger partial charge in [-0.25, -0.2) is 4.79 Å². The highest BCUT2D eigenvalue weighted by atomic mass is 16.4. The third-order valence-electron chi connectivity index (χ3n) is 3.43. The molecule has 1 saturated heterocycles. The summed E-state index contributed by atoms with van der Waals surface area (Å²) in [4.78, 5) is 45.9. The number of hydrogen-bond acceptors (Lipinski definition) is 7. The first-order valence-corrected chi connectivity index (χ1v) is 7.44. The second-order valence-electron chi connectivity index (χ2n) is 5.25. The molecule has 0 aromatic rings. The molecule has 0 aliphatic carbocycles. The van der Waals surface area contributed by atoms with Gasteiger partial charge < -0.3 is 36.6 Å². The van der Waals surface area contributed by atoms with Gasteiger partial charge in [0.1, 0.15) is 12.1 Å². The number of aliphatic hydroxyl groups excluding tert-OH is 2. The lowest BCUT2D eigenvalue weighted by atomic mass is 10.2. The van der Waals surface area contributed by atoms with E-state index < -0.39 is 43.1 Å². The summed E-state index contributed by atoms with van der Waals surface area (Å²) in [6, 6.07) is -3.29. The topological polar surface area (TPSA) is 177 Å². The van der Waals surface area contributed by atoms with Crippen LogP contribution >= 0.6 is 0 Å². The third-order valence-corrected chi connectivity index (χ3v) is 3.43. The Morgan fingerprint density at radius 2 is 1.75 bits per heavy atom. The lowest BCUT2D eigenvalue weighted by Crippen LogP contribution is -2.55. The van der Waals surface area contributed by atoms with E-state index in [1.807, 2.05) is 5.32 Å². The Hall–Kier alpha value is -2.24. The molecule has 7 N–H and O–H groups in total. The maximum absolute atomic E-state index is 11.8. The molecular weight excluding hydrogens is 324 g/mol. The Balaban J connectivity index is 2.42. The van der Waals surface area contributed by atoms with Crippen LogP contribution in [0.2, 0.25) is 0 Å². The first kappa shape index (κ1) is 19.8. The number of amides is 3. The molecule has 11 heteroatoms. The number of rotatable bonds is 9. The molecule has 3 unspecified atom stereocenters. The van der Waals surface area contributed by atoms with Gasteiger partial charge in [0.25, 0.3) is 0 Å². The van der Waals surface area contributed by atoms with Crippen molar-refractivity contribution in [2.45, 2.75) is 31.0 Å². The minimum atomic E-state index is -1.54. The molecule has 3 atom stereocenters. The maximum Gasteiger partial charge on any atom is 0.328 e. The first-order chi connectivity index (χ1) is 11.4. The zero-order chi connectivity index (χ0) is 18.1. The van der Waals surface area contributed by atoms with E-state index in [1.54, 1.807) is 0 Å². The number of carboxylic acids is 1. The van der Waals surface area contributed by atoms with Crippen molar-refractivity contribution in [3.05, 3.63) is 0 Å². The number of carbonyl (C=O) groups is 4. The average Bonchev–Trinajstić information content (AvgIpc) is 3.09. The van der Waals surface area contributed by atoms with Crippen molar-refractivity contribution in [3.8, 4) is 0 Å². The lowest BCUT2D eigenvalue weighted by molar-refractivity contribution is -0.143. The normalized spacial score (nSPS) is 19.2. The molecule has 0 saturated carbocycles. The third kappa shape index (κ3) is 6.10. The predicted octanol–water partition coefficient (Wildman–Crippen LogP) is -4.11. The van der Waals surface area contributed by atoms with E-state index in [0.717, 1.165) is 13.0 Å². The van der Waals surface area contributed by atoms with Crippen molar-refractivity contribution in [2.24, 2.45) is 0 Å². The molecule has 0 aromatic carbocycles. The van der Waals surface area contributed by atoms with Gasteiger partial charge in [0.2, 0.25) is 17.7 Å². The van der Waals surface area contributed by atoms with Crippen LogP contribution in [0.1, 0.15) is 12.8 Å². The van der Waals surface area contributed by atoms with Crippen molar-refractivity contribution in [1.82, 2.24) is 21.3 Å². The Bertz CT molecular complexity index is 479. The van der Waals surface area contributed by atoms with Gasteiger partial charge in [-0.05, 0) is 19.4 Å². The van der Waals surface area contributed by atoms with Crippen LogP contribution in [-0.4, -0.2) is 83.4 Å². The van der Waals surface area contributed by atoms with Crippen LogP contribution in [0, 0.1) is 0 Å². The predicted molar refractivity (Wildman–Crippen MR) is 79.7 cm³/mol. The summed E-state index contributed by atoms with van der Waals surface area (Å²) in [5.41, 5.74) is 0. The SMILES string of the molecule is O=C(CNC(=O)C1CCCN1)NC(CO)C(=O)NC(CO)C(=O)O. The van der Waals surface area contributed by atoms with Gasteiger partial charge in [0, 0.05) is 0 Å². The maximum atomic E-state index is 11.8. The van der Waals surface area contributed by atoms with Crippen molar-refractivity contribution < 1.29 is 34.5 Å². The fourth-order valence-electron chi connectivity index (χ4n) is 2.10. The number of aliphatic carboxylic acids is 1. The Morgan fingerprint density at radius 3 is 2.25 bits per heavy atom. The number of aliphatic hydroxyl groups is 2. The molecule has 136 valence electrons. The summed E-state index contributed by atoms with van der Waals surface area (Å²) in [6.07, 6.45) is 1.54. The Labute approximate surface area is 137 Å². The van der Waals surface area contributed by atoms with E-state index in [4.69, 9.17) is 15.3 Å². The summed E-state index contributed by atoms with van der Waals surface area (Å²) < 4.78 is 0. The van der Waals surface area contributed by atoms with Crippen LogP contribution in [0.25, 0.3) is 0 Å². The Kier molecular flexibility index (Phi) is 8.09. The molecular formula is C13H22N4O7. The minimum Gasteiger partial charge on any atom is -0.480 e. The zero-order valence-corrected chi connectivity index (χ0v) is 12.9. The molecule has 1 rings (SSSR count). The van der Waals surface area contributed by atoms with Crippen molar-refractivity contribution in [2.75, 3.05) is 26.3 Å². The van der Waals surface area contributed by atoms with E-state index in [0.29, 0.717) is 6.42 Å². The molecule has 1 heterocycles. The Morgan fingerprint density at radius 1 is 1.08 bits per heavy atom. The van der Waals surface area contributed by atoms with E-state index >= 15 is 0 Å². The van der Waals surface area contributed by atoms with Crippen LogP contribution in [0.5, 0.6) is 0 Å². The van der Waals surface area contributed by atoms with Gasteiger partial charge >= 0.3 is 5.97 Å². The lowest BCUT2D eigenvalue weighted by Gasteiger charge is -2.19. The number of hydrogen-bond donors (Lipinski definition) is 7.